The molecule has 1 unspecified atom stereocenters. The Morgan fingerprint density at radius 1 is 1.33 bits per heavy atom. The van der Waals surface area contributed by atoms with Crippen molar-refractivity contribution in [3.05, 3.63) is 45.9 Å². The molecule has 8 heteroatoms. The van der Waals surface area contributed by atoms with Crippen LogP contribution in [0.15, 0.2) is 29.5 Å². The van der Waals surface area contributed by atoms with Gasteiger partial charge in [-0.2, -0.15) is 5.26 Å². The monoisotopic (exact) mass is 383 g/mol. The van der Waals surface area contributed by atoms with Gasteiger partial charge in [0.25, 0.3) is 0 Å². The number of piperidine rings is 1. The van der Waals surface area contributed by atoms with Gasteiger partial charge in [0.1, 0.15) is 17.5 Å². The fourth-order valence-corrected chi connectivity index (χ4v) is 3.75. The molecule has 142 valence electrons. The number of aromatic nitrogens is 3. The summed E-state index contributed by atoms with van der Waals surface area (Å²) in [5.74, 6) is 0.818. The van der Waals surface area contributed by atoms with Gasteiger partial charge in [0.15, 0.2) is 10.3 Å². The molecule has 3 heterocycles. The van der Waals surface area contributed by atoms with Gasteiger partial charge in [-0.3, -0.25) is 14.9 Å². The van der Waals surface area contributed by atoms with Crippen molar-refractivity contribution >= 4 is 18.0 Å². The first-order chi connectivity index (χ1) is 13.0. The summed E-state index contributed by atoms with van der Waals surface area (Å²) in [5, 5.41) is 9.52. The van der Waals surface area contributed by atoms with Crippen molar-refractivity contribution in [2.75, 3.05) is 25.4 Å². The van der Waals surface area contributed by atoms with Crippen LogP contribution in [0.25, 0.3) is 0 Å². The molecule has 2 aromatic heterocycles. The Kier molecular flexibility index (Phi) is 6.04. The smallest absolute Gasteiger partial charge is 0.182 e. The van der Waals surface area contributed by atoms with Crippen LogP contribution in [0, 0.1) is 22.0 Å². The van der Waals surface area contributed by atoms with Gasteiger partial charge in [0, 0.05) is 46.1 Å². The highest BCUT2D eigenvalue weighted by Crippen LogP contribution is 2.18. The molecule has 7 nitrogen and oxygen atoms in total. The molecule has 0 radical (unpaired) electrons. The number of anilines is 1. The number of hydrogen-bond acceptors (Lipinski definition) is 6. The third kappa shape index (κ3) is 4.26. The van der Waals surface area contributed by atoms with E-state index in [0.717, 1.165) is 32.5 Å². The molecule has 1 saturated heterocycles. The summed E-state index contributed by atoms with van der Waals surface area (Å²) < 4.78 is 3.96. The lowest BCUT2D eigenvalue weighted by atomic mass is 9.98. The van der Waals surface area contributed by atoms with Gasteiger partial charge in [-0.05, 0) is 55.2 Å². The molecule has 1 aliphatic heterocycles. The molecule has 1 aliphatic rings. The number of nitrogens with zero attached hydrogens (tertiary/aromatic N) is 6. The molecule has 1 atom stereocenters. The standard InChI is InChI=1S/C19H25N7S/c1-24-17(21)16(10-20)18(25(2)19(24)27)23-11-15-4-3-9-26(13-15)12-14-5-7-22-8-6-14/h5-8,15H,3-4,9,11-13,21H2,1-2H3. The predicted molar refractivity (Wildman–Crippen MR) is 107 cm³/mol. The van der Waals surface area contributed by atoms with Crippen LogP contribution in [-0.4, -0.2) is 38.7 Å². The first-order valence-corrected chi connectivity index (χ1v) is 9.49. The highest BCUT2D eigenvalue weighted by Gasteiger charge is 2.20. The molecular formula is C19H25N7S. The van der Waals surface area contributed by atoms with Gasteiger partial charge in [-0.1, -0.05) is 0 Å². The number of pyridine rings is 1. The quantitative estimate of drug-likeness (QED) is 0.813. The van der Waals surface area contributed by atoms with Gasteiger partial charge in [0.05, 0.1) is 0 Å². The van der Waals surface area contributed by atoms with E-state index in [-0.39, 0.29) is 0 Å². The van der Waals surface area contributed by atoms with E-state index < -0.39 is 0 Å². The van der Waals surface area contributed by atoms with Crippen molar-refractivity contribution in [3.63, 3.8) is 0 Å². The SMILES string of the molecule is Cn1c(N)c(C#N)c(=NCC2CCCN(Cc3ccncc3)C2)n(C)c1=S. The van der Waals surface area contributed by atoms with Gasteiger partial charge in [-0.25, -0.2) is 0 Å². The van der Waals surface area contributed by atoms with Crippen molar-refractivity contribution in [2.45, 2.75) is 19.4 Å². The van der Waals surface area contributed by atoms with Gasteiger partial charge in [-0.15, -0.1) is 0 Å². The minimum Gasteiger partial charge on any atom is -0.384 e. The molecule has 0 aliphatic carbocycles. The number of hydrogen-bond donors (Lipinski definition) is 1. The van der Waals surface area contributed by atoms with Crippen molar-refractivity contribution in [3.8, 4) is 6.07 Å². The lowest BCUT2D eigenvalue weighted by Gasteiger charge is -2.32. The average Bonchev–Trinajstić information content (AvgIpc) is 2.69. The molecule has 1 fully saturated rings. The highest BCUT2D eigenvalue weighted by molar-refractivity contribution is 7.71. The van der Waals surface area contributed by atoms with Crippen LogP contribution in [0.4, 0.5) is 5.82 Å². The maximum absolute atomic E-state index is 9.52. The summed E-state index contributed by atoms with van der Waals surface area (Å²) >= 11 is 5.40. The molecule has 0 saturated carbocycles. The molecule has 0 spiro atoms. The Hall–Kier alpha value is -2.50. The van der Waals surface area contributed by atoms with Gasteiger partial charge in [0.2, 0.25) is 0 Å². The largest absolute Gasteiger partial charge is 0.384 e. The third-order valence-corrected chi connectivity index (χ3v) is 5.65. The molecule has 0 amide bonds. The first kappa shape index (κ1) is 19.3. The normalized spacial score (nSPS) is 18.4. The van der Waals surface area contributed by atoms with Crippen molar-refractivity contribution < 1.29 is 0 Å². The van der Waals surface area contributed by atoms with Crippen LogP contribution in [-0.2, 0) is 20.6 Å². The maximum Gasteiger partial charge on any atom is 0.182 e. The van der Waals surface area contributed by atoms with Crippen LogP contribution in [0.2, 0.25) is 0 Å². The van der Waals surface area contributed by atoms with Crippen molar-refractivity contribution in [1.82, 2.24) is 19.0 Å². The fourth-order valence-electron chi connectivity index (χ4n) is 3.57. The Bertz CT molecular complexity index is 969. The van der Waals surface area contributed by atoms with E-state index in [1.165, 1.54) is 5.56 Å². The zero-order valence-corrected chi connectivity index (χ0v) is 16.6. The first-order valence-electron chi connectivity index (χ1n) is 9.08. The summed E-state index contributed by atoms with van der Waals surface area (Å²) in [6.45, 7) is 3.69. The average molecular weight is 384 g/mol. The van der Waals surface area contributed by atoms with Crippen LogP contribution in [0.1, 0.15) is 24.0 Å². The van der Waals surface area contributed by atoms with Gasteiger partial charge < -0.3 is 14.9 Å². The summed E-state index contributed by atoms with van der Waals surface area (Å²) in [5.41, 5.74) is 8.31. The molecule has 27 heavy (non-hydrogen) atoms. The van der Waals surface area contributed by atoms with E-state index in [0.29, 0.717) is 34.1 Å². The second-order valence-electron chi connectivity index (χ2n) is 7.04. The number of nitrogens with two attached hydrogens (primary N) is 1. The van der Waals surface area contributed by atoms with E-state index in [9.17, 15) is 5.26 Å². The summed E-state index contributed by atoms with van der Waals surface area (Å²) in [6.07, 6.45) is 5.96. The zero-order valence-electron chi connectivity index (χ0n) is 15.8. The lowest BCUT2D eigenvalue weighted by Crippen LogP contribution is -2.37. The maximum atomic E-state index is 9.52. The number of likely N-dealkylation sites (tertiary alicyclic amines) is 1. The van der Waals surface area contributed by atoms with E-state index in [2.05, 4.69) is 28.1 Å². The Morgan fingerprint density at radius 2 is 2.07 bits per heavy atom. The molecule has 3 rings (SSSR count). The highest BCUT2D eigenvalue weighted by atomic mass is 32.1. The van der Waals surface area contributed by atoms with Crippen LogP contribution in [0.3, 0.4) is 0 Å². The second kappa shape index (κ2) is 8.46. The lowest BCUT2D eigenvalue weighted by molar-refractivity contribution is 0.170. The predicted octanol–water partition coefficient (Wildman–Crippen LogP) is 1.75. The Labute approximate surface area is 164 Å². The van der Waals surface area contributed by atoms with E-state index in [1.807, 2.05) is 19.4 Å². The van der Waals surface area contributed by atoms with E-state index in [1.54, 1.807) is 16.2 Å². The molecule has 0 aromatic carbocycles. The van der Waals surface area contributed by atoms with Gasteiger partial charge >= 0.3 is 0 Å². The number of rotatable bonds is 4. The van der Waals surface area contributed by atoms with Crippen molar-refractivity contribution in [2.24, 2.45) is 25.0 Å². The molecule has 0 bridgehead atoms. The van der Waals surface area contributed by atoms with Crippen LogP contribution in [0.5, 0.6) is 0 Å². The Morgan fingerprint density at radius 3 is 2.78 bits per heavy atom. The molecule has 2 aromatic rings. The third-order valence-electron chi connectivity index (χ3n) is 5.10. The minimum atomic E-state index is 0.363. The second-order valence-corrected chi connectivity index (χ2v) is 7.40. The van der Waals surface area contributed by atoms with Crippen molar-refractivity contribution in [1.29, 1.82) is 5.26 Å². The molecular weight excluding hydrogens is 358 g/mol. The molecule has 2 N–H and O–H groups in total. The minimum absolute atomic E-state index is 0.363. The van der Waals surface area contributed by atoms with E-state index in [4.69, 9.17) is 22.9 Å². The fraction of sp³-hybridized carbons (Fsp3) is 0.474. The summed E-state index contributed by atoms with van der Waals surface area (Å²) in [4.78, 5) is 11.3. The van der Waals surface area contributed by atoms with Crippen LogP contribution >= 0.6 is 12.2 Å². The topological polar surface area (TPSA) is 88.2 Å². The summed E-state index contributed by atoms with van der Waals surface area (Å²) in [6, 6.07) is 6.30. The number of nitriles is 1. The number of nitrogen functional groups attached to an aromatic ring is 1. The van der Waals surface area contributed by atoms with E-state index >= 15 is 0 Å². The van der Waals surface area contributed by atoms with Crippen LogP contribution < -0.4 is 11.2 Å². The Balaban J connectivity index is 1.78. The zero-order chi connectivity index (χ0) is 19.4. The summed E-state index contributed by atoms with van der Waals surface area (Å²) in [7, 11) is 3.60.